The van der Waals surface area contributed by atoms with Gasteiger partial charge in [0.15, 0.2) is 21.3 Å². The molecule has 0 heterocycles. The van der Waals surface area contributed by atoms with Gasteiger partial charge >= 0.3 is 5.97 Å². The van der Waals surface area contributed by atoms with Gasteiger partial charge in [-0.15, -0.1) is 0 Å². The fraction of sp³-hybridized carbons (Fsp3) is 0.333. The molecule has 0 saturated heterocycles. The van der Waals surface area contributed by atoms with Gasteiger partial charge in [0.25, 0.3) is 0 Å². The molecular formula is C12H13NO6S. The van der Waals surface area contributed by atoms with Gasteiger partial charge < -0.3 is 14.6 Å². The van der Waals surface area contributed by atoms with Gasteiger partial charge in [0, 0.05) is 6.07 Å². The number of nitrogens with zero attached hydrogens (tertiary/aromatic N) is 1. The summed E-state index contributed by atoms with van der Waals surface area (Å²) in [6.07, 6.45) is 0. The molecule has 1 atom stereocenters. The quantitative estimate of drug-likeness (QED) is 0.865. The molecule has 0 radical (unpaired) electrons. The second kappa shape index (κ2) is 5.79. The molecule has 1 rings (SSSR count). The number of aromatic carboxylic acids is 1. The second-order valence-electron chi connectivity index (χ2n) is 3.83. The molecule has 0 fully saturated rings. The van der Waals surface area contributed by atoms with E-state index in [2.05, 4.69) is 0 Å². The molecule has 0 spiro atoms. The summed E-state index contributed by atoms with van der Waals surface area (Å²) < 4.78 is 34.0. The van der Waals surface area contributed by atoms with Gasteiger partial charge in [-0.25, -0.2) is 13.2 Å². The summed E-state index contributed by atoms with van der Waals surface area (Å²) in [6.45, 7) is 1.21. The van der Waals surface area contributed by atoms with E-state index in [0.717, 1.165) is 12.1 Å². The molecule has 0 saturated carbocycles. The lowest BCUT2D eigenvalue weighted by Crippen LogP contribution is -2.17. The number of benzene rings is 1. The Morgan fingerprint density at radius 3 is 2.35 bits per heavy atom. The molecule has 0 aliphatic carbocycles. The molecule has 0 aromatic heterocycles. The Morgan fingerprint density at radius 1 is 1.35 bits per heavy atom. The maximum atomic E-state index is 12.1. The van der Waals surface area contributed by atoms with E-state index in [1.807, 2.05) is 0 Å². The standard InChI is InChI=1S/C12H13NO6S/c1-7(6-13)20(16,17)8-4-9(12(14)15)11(19-3)10(5-8)18-2/h4-5,7H,1-3H3,(H,14,15). The topological polar surface area (TPSA) is 114 Å². The van der Waals surface area contributed by atoms with Gasteiger partial charge in [-0.2, -0.15) is 5.26 Å². The van der Waals surface area contributed by atoms with E-state index in [1.165, 1.54) is 21.1 Å². The fourth-order valence-corrected chi connectivity index (χ4v) is 2.64. The van der Waals surface area contributed by atoms with Crippen LogP contribution >= 0.6 is 0 Å². The summed E-state index contributed by atoms with van der Waals surface area (Å²) in [7, 11) is -1.46. The molecule has 7 nitrogen and oxygen atoms in total. The Bertz CT molecular complexity index is 674. The highest BCUT2D eigenvalue weighted by Crippen LogP contribution is 2.35. The third-order valence-electron chi connectivity index (χ3n) is 2.66. The first-order chi connectivity index (χ1) is 9.29. The fourth-order valence-electron chi connectivity index (χ4n) is 1.54. The lowest BCUT2D eigenvalue weighted by atomic mass is 10.2. The predicted octanol–water partition coefficient (Wildman–Crippen LogP) is 1.09. The Hall–Kier alpha value is -2.27. The van der Waals surface area contributed by atoms with E-state index in [4.69, 9.17) is 19.8 Å². The van der Waals surface area contributed by atoms with Crippen molar-refractivity contribution in [3.8, 4) is 17.6 Å². The molecule has 108 valence electrons. The van der Waals surface area contributed by atoms with Crippen LogP contribution in [0.2, 0.25) is 0 Å². The Labute approximate surface area is 116 Å². The monoisotopic (exact) mass is 299 g/mol. The largest absolute Gasteiger partial charge is 0.493 e. The SMILES string of the molecule is COc1cc(S(=O)(=O)C(C)C#N)cc(C(=O)O)c1OC. The average Bonchev–Trinajstić information content (AvgIpc) is 2.44. The number of sulfone groups is 1. The van der Waals surface area contributed by atoms with E-state index in [9.17, 15) is 13.2 Å². The summed E-state index contributed by atoms with van der Waals surface area (Å²) in [5.74, 6) is -1.47. The minimum absolute atomic E-state index is 0.0314. The van der Waals surface area contributed by atoms with Crippen LogP contribution in [0.4, 0.5) is 0 Å². The van der Waals surface area contributed by atoms with Crippen molar-refractivity contribution in [3.05, 3.63) is 17.7 Å². The predicted molar refractivity (Wildman–Crippen MR) is 68.8 cm³/mol. The van der Waals surface area contributed by atoms with Crippen LogP contribution in [0.5, 0.6) is 11.5 Å². The molecule has 0 aliphatic rings. The normalized spacial score (nSPS) is 12.3. The molecule has 0 bridgehead atoms. The first-order valence-electron chi connectivity index (χ1n) is 5.42. The summed E-state index contributed by atoms with van der Waals surface area (Å²) in [5.41, 5.74) is -0.351. The number of carboxylic acid groups (broad SMARTS) is 1. The molecule has 8 heteroatoms. The van der Waals surface area contributed by atoms with Gasteiger partial charge in [-0.1, -0.05) is 0 Å². The molecular weight excluding hydrogens is 286 g/mol. The van der Waals surface area contributed by atoms with E-state index < -0.39 is 21.1 Å². The van der Waals surface area contributed by atoms with Crippen LogP contribution in [0.1, 0.15) is 17.3 Å². The Morgan fingerprint density at radius 2 is 1.95 bits per heavy atom. The van der Waals surface area contributed by atoms with Crippen molar-refractivity contribution in [2.75, 3.05) is 14.2 Å². The number of methoxy groups -OCH3 is 2. The van der Waals surface area contributed by atoms with Crippen molar-refractivity contribution in [2.24, 2.45) is 0 Å². The highest BCUT2D eigenvalue weighted by molar-refractivity contribution is 7.92. The molecule has 0 aliphatic heterocycles. The van der Waals surface area contributed by atoms with Crippen LogP contribution < -0.4 is 9.47 Å². The molecule has 1 unspecified atom stereocenters. The van der Waals surface area contributed by atoms with Crippen molar-refractivity contribution in [3.63, 3.8) is 0 Å². The summed E-state index contributed by atoms with van der Waals surface area (Å²) >= 11 is 0. The number of hydrogen-bond donors (Lipinski definition) is 1. The molecule has 1 N–H and O–H groups in total. The van der Waals surface area contributed by atoms with Crippen LogP contribution in [0.3, 0.4) is 0 Å². The molecule has 0 amide bonds. The first kappa shape index (κ1) is 15.8. The summed E-state index contributed by atoms with van der Waals surface area (Å²) in [6, 6.07) is 3.70. The van der Waals surface area contributed by atoms with Crippen LogP contribution in [-0.2, 0) is 9.84 Å². The zero-order valence-corrected chi connectivity index (χ0v) is 11.9. The smallest absolute Gasteiger partial charge is 0.339 e. The Kier molecular flexibility index (Phi) is 4.57. The Balaban J connectivity index is 3.65. The van der Waals surface area contributed by atoms with Crippen LogP contribution in [0.25, 0.3) is 0 Å². The number of ether oxygens (including phenoxy) is 2. The van der Waals surface area contributed by atoms with E-state index >= 15 is 0 Å². The highest BCUT2D eigenvalue weighted by atomic mass is 32.2. The average molecular weight is 299 g/mol. The maximum absolute atomic E-state index is 12.1. The lowest BCUT2D eigenvalue weighted by Gasteiger charge is -2.13. The lowest BCUT2D eigenvalue weighted by molar-refractivity contribution is 0.0692. The van der Waals surface area contributed by atoms with Crippen molar-refractivity contribution >= 4 is 15.8 Å². The molecule has 20 heavy (non-hydrogen) atoms. The second-order valence-corrected chi connectivity index (χ2v) is 6.10. The van der Waals surface area contributed by atoms with Gasteiger partial charge in [0.2, 0.25) is 0 Å². The maximum Gasteiger partial charge on any atom is 0.339 e. The highest BCUT2D eigenvalue weighted by Gasteiger charge is 2.27. The molecule has 1 aromatic rings. The number of hydrogen-bond acceptors (Lipinski definition) is 6. The van der Waals surface area contributed by atoms with E-state index in [-0.39, 0.29) is 22.0 Å². The van der Waals surface area contributed by atoms with Crippen LogP contribution in [0.15, 0.2) is 17.0 Å². The zero-order valence-electron chi connectivity index (χ0n) is 11.1. The third kappa shape index (κ3) is 2.67. The number of rotatable bonds is 5. The number of carboxylic acids is 1. The van der Waals surface area contributed by atoms with E-state index in [0.29, 0.717) is 0 Å². The van der Waals surface area contributed by atoms with Crippen molar-refractivity contribution < 1.29 is 27.8 Å². The van der Waals surface area contributed by atoms with Gasteiger partial charge in [-0.3, -0.25) is 0 Å². The van der Waals surface area contributed by atoms with Crippen LogP contribution in [-0.4, -0.2) is 39.0 Å². The van der Waals surface area contributed by atoms with Gasteiger partial charge in [0.1, 0.15) is 10.8 Å². The minimum Gasteiger partial charge on any atom is -0.493 e. The minimum atomic E-state index is -3.96. The summed E-state index contributed by atoms with van der Waals surface area (Å²) in [4.78, 5) is 10.9. The van der Waals surface area contributed by atoms with Gasteiger partial charge in [0.05, 0.1) is 25.2 Å². The number of carbonyl (C=O) groups is 1. The first-order valence-corrected chi connectivity index (χ1v) is 6.97. The van der Waals surface area contributed by atoms with Crippen molar-refractivity contribution in [2.45, 2.75) is 17.1 Å². The zero-order chi connectivity index (χ0) is 15.5. The molecule has 1 aromatic carbocycles. The van der Waals surface area contributed by atoms with Crippen LogP contribution in [0, 0.1) is 11.3 Å². The van der Waals surface area contributed by atoms with E-state index in [1.54, 1.807) is 6.07 Å². The summed E-state index contributed by atoms with van der Waals surface area (Å²) in [5, 5.41) is 16.5. The van der Waals surface area contributed by atoms with Crippen molar-refractivity contribution in [1.82, 2.24) is 0 Å². The number of nitriles is 1. The third-order valence-corrected chi connectivity index (χ3v) is 4.59. The van der Waals surface area contributed by atoms with Gasteiger partial charge in [-0.05, 0) is 13.0 Å². The van der Waals surface area contributed by atoms with Crippen molar-refractivity contribution in [1.29, 1.82) is 5.26 Å².